The fourth-order valence-corrected chi connectivity index (χ4v) is 3.20. The molecular formula is C17H20N2O3S. The first kappa shape index (κ1) is 16.0. The van der Waals surface area contributed by atoms with Gasteiger partial charge in [0, 0.05) is 11.4 Å². The highest BCUT2D eigenvalue weighted by atomic mass is 32.2. The van der Waals surface area contributed by atoms with Crippen LogP contribution in [-0.2, 0) is 4.74 Å². The number of nitrogens with one attached hydrogen (secondary N) is 1. The van der Waals surface area contributed by atoms with E-state index >= 15 is 0 Å². The summed E-state index contributed by atoms with van der Waals surface area (Å²) < 4.78 is 11.2. The number of nitrogens with zero attached hydrogens (tertiary/aromatic N) is 1. The van der Waals surface area contributed by atoms with Crippen LogP contribution in [0.1, 0.15) is 17.6 Å². The standard InChI is InChI=1S/C17H20N2O3S/c1-12-7-8-15(22-12)14-11-21-10-9-19(14)17(20)18-13-5-3-4-6-16(13)23-2/h3-8,14H,9-11H2,1-2H3,(H,18,20)/t14-/m0/s1. The third-order valence-electron chi connectivity index (χ3n) is 3.83. The van der Waals surface area contributed by atoms with Crippen molar-refractivity contribution >= 4 is 23.5 Å². The van der Waals surface area contributed by atoms with Crippen LogP contribution in [0.4, 0.5) is 10.5 Å². The van der Waals surface area contributed by atoms with Gasteiger partial charge in [-0.1, -0.05) is 12.1 Å². The van der Waals surface area contributed by atoms with E-state index in [1.54, 1.807) is 16.7 Å². The molecule has 1 aromatic carbocycles. The van der Waals surface area contributed by atoms with Gasteiger partial charge < -0.3 is 19.4 Å². The lowest BCUT2D eigenvalue weighted by Gasteiger charge is -2.34. The summed E-state index contributed by atoms with van der Waals surface area (Å²) in [5.41, 5.74) is 0.825. The van der Waals surface area contributed by atoms with Crippen molar-refractivity contribution in [3.05, 3.63) is 47.9 Å². The second-order valence-corrected chi connectivity index (χ2v) is 6.21. The highest BCUT2D eigenvalue weighted by Crippen LogP contribution is 2.29. The van der Waals surface area contributed by atoms with Gasteiger partial charge in [-0.05, 0) is 37.4 Å². The molecule has 2 amide bonds. The minimum atomic E-state index is -0.195. The van der Waals surface area contributed by atoms with Crippen LogP contribution in [-0.4, -0.2) is 36.9 Å². The molecule has 23 heavy (non-hydrogen) atoms. The van der Waals surface area contributed by atoms with E-state index in [0.29, 0.717) is 19.8 Å². The number of morpholine rings is 1. The average Bonchev–Trinajstić information content (AvgIpc) is 3.01. The summed E-state index contributed by atoms with van der Waals surface area (Å²) >= 11 is 1.61. The number of rotatable bonds is 3. The predicted molar refractivity (Wildman–Crippen MR) is 91.0 cm³/mol. The van der Waals surface area contributed by atoms with E-state index < -0.39 is 0 Å². The molecule has 1 aliphatic heterocycles. The monoisotopic (exact) mass is 332 g/mol. The Morgan fingerprint density at radius 1 is 1.30 bits per heavy atom. The summed E-state index contributed by atoms with van der Waals surface area (Å²) in [7, 11) is 0. The van der Waals surface area contributed by atoms with Gasteiger partial charge in [-0.25, -0.2) is 4.79 Å². The third kappa shape index (κ3) is 3.54. The van der Waals surface area contributed by atoms with E-state index in [0.717, 1.165) is 22.1 Å². The van der Waals surface area contributed by atoms with Gasteiger partial charge in [0.25, 0.3) is 0 Å². The Kier molecular flexibility index (Phi) is 4.93. The molecule has 0 radical (unpaired) electrons. The van der Waals surface area contributed by atoms with E-state index in [1.165, 1.54) is 0 Å². The van der Waals surface area contributed by atoms with Gasteiger partial charge in [0.15, 0.2) is 0 Å². The van der Waals surface area contributed by atoms with Gasteiger partial charge >= 0.3 is 6.03 Å². The number of aryl methyl sites for hydroxylation is 1. The number of anilines is 1. The molecule has 2 aromatic rings. The quantitative estimate of drug-likeness (QED) is 0.866. The Hall–Kier alpha value is -1.92. The van der Waals surface area contributed by atoms with Gasteiger partial charge in [-0.2, -0.15) is 0 Å². The fraction of sp³-hybridized carbons (Fsp3) is 0.353. The SMILES string of the molecule is CSc1ccccc1NC(=O)N1CCOC[C@H]1c1ccc(C)o1. The molecule has 0 bridgehead atoms. The van der Waals surface area contributed by atoms with Gasteiger partial charge in [0.05, 0.1) is 18.9 Å². The maximum Gasteiger partial charge on any atom is 0.322 e. The third-order valence-corrected chi connectivity index (χ3v) is 4.62. The highest BCUT2D eigenvalue weighted by Gasteiger charge is 2.31. The second-order valence-electron chi connectivity index (χ2n) is 5.36. The number of furan rings is 1. The molecule has 1 N–H and O–H groups in total. The van der Waals surface area contributed by atoms with E-state index in [9.17, 15) is 4.79 Å². The minimum Gasteiger partial charge on any atom is -0.464 e. The van der Waals surface area contributed by atoms with Crippen LogP contribution in [0, 0.1) is 6.92 Å². The Balaban J connectivity index is 1.79. The predicted octanol–water partition coefficient (Wildman–Crippen LogP) is 3.92. The number of hydrogen-bond donors (Lipinski definition) is 1. The molecule has 1 saturated heterocycles. The van der Waals surface area contributed by atoms with Crippen molar-refractivity contribution in [1.29, 1.82) is 0 Å². The number of carbonyl (C=O) groups excluding carboxylic acids is 1. The lowest BCUT2D eigenvalue weighted by molar-refractivity contribution is 0.00709. The lowest BCUT2D eigenvalue weighted by atomic mass is 10.2. The van der Waals surface area contributed by atoms with Gasteiger partial charge in [0.1, 0.15) is 17.6 Å². The summed E-state index contributed by atoms with van der Waals surface area (Å²) in [6.45, 7) is 3.42. The second kappa shape index (κ2) is 7.10. The molecule has 122 valence electrons. The van der Waals surface area contributed by atoms with Gasteiger partial charge in [-0.3, -0.25) is 0 Å². The van der Waals surface area contributed by atoms with Crippen LogP contribution in [0.3, 0.4) is 0 Å². The number of amides is 2. The Bertz CT molecular complexity index is 686. The van der Waals surface area contributed by atoms with Crippen LogP contribution in [0.15, 0.2) is 45.7 Å². The topological polar surface area (TPSA) is 54.7 Å². The molecule has 1 aromatic heterocycles. The Labute approximate surface area is 140 Å². The number of urea groups is 1. The summed E-state index contributed by atoms with van der Waals surface area (Å²) in [5.74, 6) is 1.59. The number of ether oxygens (including phenoxy) is 1. The molecular weight excluding hydrogens is 312 g/mol. The van der Waals surface area contributed by atoms with Crippen LogP contribution < -0.4 is 5.32 Å². The zero-order chi connectivity index (χ0) is 16.2. The largest absolute Gasteiger partial charge is 0.464 e. The lowest BCUT2D eigenvalue weighted by Crippen LogP contribution is -2.45. The first-order valence-corrected chi connectivity index (χ1v) is 8.76. The zero-order valence-corrected chi connectivity index (χ0v) is 14.1. The molecule has 1 aliphatic rings. The Morgan fingerprint density at radius 2 is 2.13 bits per heavy atom. The van der Waals surface area contributed by atoms with Crippen LogP contribution in [0.25, 0.3) is 0 Å². The maximum atomic E-state index is 12.7. The maximum absolute atomic E-state index is 12.7. The molecule has 6 heteroatoms. The van der Waals surface area contributed by atoms with E-state index in [2.05, 4.69) is 5.32 Å². The highest BCUT2D eigenvalue weighted by molar-refractivity contribution is 7.98. The summed E-state index contributed by atoms with van der Waals surface area (Å²) in [6.07, 6.45) is 1.99. The number of carbonyl (C=O) groups is 1. The van der Waals surface area contributed by atoms with Crippen LogP contribution in [0.2, 0.25) is 0 Å². The average molecular weight is 332 g/mol. The first-order valence-electron chi connectivity index (χ1n) is 7.54. The number of benzene rings is 1. The van der Waals surface area contributed by atoms with Crippen LogP contribution >= 0.6 is 11.8 Å². The molecule has 5 nitrogen and oxygen atoms in total. The van der Waals surface area contributed by atoms with Crippen molar-refractivity contribution in [2.24, 2.45) is 0 Å². The molecule has 1 atom stereocenters. The van der Waals surface area contributed by atoms with Crippen molar-refractivity contribution in [2.45, 2.75) is 17.9 Å². The summed E-state index contributed by atoms with van der Waals surface area (Å²) in [6, 6.07) is 11.3. The first-order chi connectivity index (χ1) is 11.2. The fourth-order valence-electron chi connectivity index (χ4n) is 2.65. The molecule has 3 rings (SSSR count). The summed E-state index contributed by atoms with van der Waals surface area (Å²) in [4.78, 5) is 15.6. The number of hydrogen-bond acceptors (Lipinski definition) is 4. The van der Waals surface area contributed by atoms with E-state index in [-0.39, 0.29) is 12.1 Å². The molecule has 0 saturated carbocycles. The number of para-hydroxylation sites is 1. The molecule has 0 unspecified atom stereocenters. The Morgan fingerprint density at radius 3 is 2.87 bits per heavy atom. The van der Waals surface area contributed by atoms with Crippen molar-refractivity contribution in [3.8, 4) is 0 Å². The van der Waals surface area contributed by atoms with Crippen molar-refractivity contribution in [1.82, 2.24) is 4.90 Å². The molecule has 0 aliphatic carbocycles. The molecule has 1 fully saturated rings. The minimum absolute atomic E-state index is 0.131. The molecule has 0 spiro atoms. The van der Waals surface area contributed by atoms with Crippen molar-refractivity contribution in [3.63, 3.8) is 0 Å². The van der Waals surface area contributed by atoms with Gasteiger partial charge in [-0.15, -0.1) is 11.8 Å². The smallest absolute Gasteiger partial charge is 0.322 e. The zero-order valence-electron chi connectivity index (χ0n) is 13.2. The number of thioether (sulfide) groups is 1. The van der Waals surface area contributed by atoms with E-state index in [1.807, 2.05) is 49.6 Å². The van der Waals surface area contributed by atoms with E-state index in [4.69, 9.17) is 9.15 Å². The van der Waals surface area contributed by atoms with Gasteiger partial charge in [0.2, 0.25) is 0 Å². The van der Waals surface area contributed by atoms with Crippen molar-refractivity contribution < 1.29 is 13.9 Å². The van der Waals surface area contributed by atoms with Crippen molar-refractivity contribution in [2.75, 3.05) is 31.3 Å². The summed E-state index contributed by atoms with van der Waals surface area (Å²) in [5, 5.41) is 3.01. The molecule has 2 heterocycles. The normalized spacial score (nSPS) is 18.0. The van der Waals surface area contributed by atoms with Crippen LogP contribution in [0.5, 0.6) is 0 Å².